The number of Topliss-reactive ketones (excluding diaryl/α,β-unsaturated/α-hetero) is 1. The zero-order valence-electron chi connectivity index (χ0n) is 14.5. The molecule has 0 aromatic heterocycles. The molecule has 1 aliphatic rings. The van der Waals surface area contributed by atoms with E-state index in [1.165, 1.54) is 55.5 Å². The molecule has 0 spiro atoms. The van der Waals surface area contributed by atoms with Crippen molar-refractivity contribution in [2.75, 3.05) is 4.90 Å². The van der Waals surface area contributed by atoms with Crippen LogP contribution in [-0.2, 0) is 9.59 Å². The number of nitrogens with zero attached hydrogens (tertiary/aromatic N) is 2. The average molecular weight is 382 g/mol. The Labute approximate surface area is 158 Å². The van der Waals surface area contributed by atoms with E-state index in [-0.39, 0.29) is 28.1 Å². The highest BCUT2D eigenvalue weighted by atomic mass is 16.6. The molecule has 0 radical (unpaired) electrons. The van der Waals surface area contributed by atoms with Gasteiger partial charge < -0.3 is 10.2 Å². The molecule has 142 valence electrons. The lowest BCUT2D eigenvalue weighted by Crippen LogP contribution is -2.31. The topological polar surface area (TPSA) is 138 Å². The third-order valence-electron chi connectivity index (χ3n) is 4.36. The summed E-state index contributed by atoms with van der Waals surface area (Å²) in [6, 6.07) is 9.63. The van der Waals surface area contributed by atoms with Crippen molar-refractivity contribution in [3.63, 3.8) is 0 Å². The summed E-state index contributed by atoms with van der Waals surface area (Å²) in [7, 11) is 0. The lowest BCUT2D eigenvalue weighted by Gasteiger charge is -2.26. The van der Waals surface area contributed by atoms with Crippen molar-refractivity contribution in [3.8, 4) is 0 Å². The largest absolute Gasteiger partial charge is 0.503 e. The highest BCUT2D eigenvalue weighted by molar-refractivity contribution is 6.16. The maximum Gasteiger partial charge on any atom is 0.335 e. The van der Waals surface area contributed by atoms with Crippen molar-refractivity contribution in [2.45, 2.75) is 13.0 Å². The number of anilines is 1. The van der Waals surface area contributed by atoms with Crippen LogP contribution in [-0.4, -0.2) is 32.8 Å². The molecule has 3 rings (SSSR count). The van der Waals surface area contributed by atoms with Crippen LogP contribution in [0.5, 0.6) is 0 Å². The Kier molecular flexibility index (Phi) is 4.66. The average Bonchev–Trinajstić information content (AvgIpc) is 2.93. The van der Waals surface area contributed by atoms with E-state index in [0.717, 1.165) is 4.90 Å². The van der Waals surface area contributed by atoms with Gasteiger partial charge in [0.15, 0.2) is 11.5 Å². The van der Waals surface area contributed by atoms with Gasteiger partial charge in [0, 0.05) is 17.8 Å². The Bertz CT molecular complexity index is 1060. The molecule has 0 aliphatic carbocycles. The number of carboxylic acid groups (broad SMARTS) is 1. The fourth-order valence-corrected chi connectivity index (χ4v) is 3.14. The first-order chi connectivity index (χ1) is 13.2. The first kappa shape index (κ1) is 18.8. The number of hydrogen-bond acceptors (Lipinski definition) is 6. The quantitative estimate of drug-likeness (QED) is 0.599. The van der Waals surface area contributed by atoms with Crippen molar-refractivity contribution in [3.05, 3.63) is 81.1 Å². The molecule has 28 heavy (non-hydrogen) atoms. The summed E-state index contributed by atoms with van der Waals surface area (Å²) < 4.78 is 0. The van der Waals surface area contributed by atoms with Crippen molar-refractivity contribution >= 4 is 29.0 Å². The smallest absolute Gasteiger partial charge is 0.335 e. The predicted molar refractivity (Wildman–Crippen MR) is 97.1 cm³/mol. The van der Waals surface area contributed by atoms with E-state index in [0.29, 0.717) is 0 Å². The molecule has 1 unspecified atom stereocenters. The number of aliphatic hydroxyl groups is 1. The molecule has 9 heteroatoms. The van der Waals surface area contributed by atoms with Crippen molar-refractivity contribution in [1.82, 2.24) is 0 Å². The van der Waals surface area contributed by atoms with E-state index in [9.17, 15) is 34.7 Å². The van der Waals surface area contributed by atoms with Gasteiger partial charge in [-0.15, -0.1) is 0 Å². The second kappa shape index (κ2) is 6.95. The summed E-state index contributed by atoms with van der Waals surface area (Å²) in [5.41, 5.74) is -0.203. The fraction of sp³-hybridized carbons (Fsp3) is 0.105. The number of ketones is 1. The number of rotatable bonds is 5. The standard InChI is InChI=1S/C19H14N2O7/c1-10(22)15-16(11-4-2-7-14(8-11)21(27)28)20(18(24)17(15)23)13-6-3-5-12(9-13)19(25)26/h2-9,16,23H,1H3,(H,25,26). The predicted octanol–water partition coefficient (Wildman–Crippen LogP) is 2.78. The summed E-state index contributed by atoms with van der Waals surface area (Å²) in [4.78, 5) is 47.6. The monoisotopic (exact) mass is 382 g/mol. The van der Waals surface area contributed by atoms with Gasteiger partial charge in [0.1, 0.15) is 0 Å². The molecule has 0 bridgehead atoms. The first-order valence-corrected chi connectivity index (χ1v) is 8.07. The second-order valence-electron chi connectivity index (χ2n) is 6.10. The Morgan fingerprint density at radius 3 is 2.43 bits per heavy atom. The molecule has 0 fully saturated rings. The van der Waals surface area contributed by atoms with E-state index in [1.807, 2.05) is 0 Å². The van der Waals surface area contributed by atoms with Crippen LogP contribution in [0.3, 0.4) is 0 Å². The summed E-state index contributed by atoms with van der Waals surface area (Å²) in [5.74, 6) is -3.47. The molecule has 0 saturated heterocycles. The number of nitro groups is 1. The number of benzene rings is 2. The molecule has 1 heterocycles. The van der Waals surface area contributed by atoms with Crippen LogP contribution in [0, 0.1) is 10.1 Å². The number of aromatic carboxylic acids is 1. The van der Waals surface area contributed by atoms with E-state index in [4.69, 9.17) is 0 Å². The van der Waals surface area contributed by atoms with Gasteiger partial charge in [-0.05, 0) is 30.7 Å². The molecule has 9 nitrogen and oxygen atoms in total. The normalized spacial score (nSPS) is 16.4. The maximum absolute atomic E-state index is 12.7. The molecule has 1 aliphatic heterocycles. The van der Waals surface area contributed by atoms with Gasteiger partial charge >= 0.3 is 5.97 Å². The van der Waals surface area contributed by atoms with Crippen LogP contribution in [0.15, 0.2) is 59.9 Å². The lowest BCUT2D eigenvalue weighted by molar-refractivity contribution is -0.384. The van der Waals surface area contributed by atoms with E-state index >= 15 is 0 Å². The molecular formula is C19H14N2O7. The highest BCUT2D eigenvalue weighted by Crippen LogP contribution is 2.41. The number of carbonyl (C=O) groups excluding carboxylic acids is 2. The van der Waals surface area contributed by atoms with E-state index in [1.54, 1.807) is 0 Å². The Balaban J connectivity index is 2.21. The molecule has 1 atom stereocenters. The van der Waals surface area contributed by atoms with Gasteiger partial charge in [-0.1, -0.05) is 18.2 Å². The van der Waals surface area contributed by atoms with Crippen molar-refractivity contribution < 1.29 is 29.5 Å². The first-order valence-electron chi connectivity index (χ1n) is 8.07. The summed E-state index contributed by atoms with van der Waals surface area (Å²) in [6.45, 7) is 1.17. The van der Waals surface area contributed by atoms with Crippen LogP contribution in [0.1, 0.15) is 28.9 Å². The third-order valence-corrected chi connectivity index (χ3v) is 4.36. The molecule has 1 amide bonds. The number of non-ortho nitro benzene ring substituents is 1. The minimum absolute atomic E-state index is 0.0983. The summed E-state index contributed by atoms with van der Waals surface area (Å²) in [6.07, 6.45) is 0. The van der Waals surface area contributed by atoms with Gasteiger partial charge in [0.05, 0.1) is 22.1 Å². The molecule has 0 saturated carbocycles. The van der Waals surface area contributed by atoms with E-state index in [2.05, 4.69) is 0 Å². The SMILES string of the molecule is CC(=O)C1=C(O)C(=O)N(c2cccc(C(=O)O)c2)C1c1cccc([N+](=O)[O-])c1. The maximum atomic E-state index is 12.7. The third kappa shape index (κ3) is 3.09. The summed E-state index contributed by atoms with van der Waals surface area (Å²) in [5, 5.41) is 30.6. The van der Waals surface area contributed by atoms with Crippen molar-refractivity contribution in [2.24, 2.45) is 0 Å². The van der Waals surface area contributed by atoms with Gasteiger partial charge in [-0.2, -0.15) is 0 Å². The fourth-order valence-electron chi connectivity index (χ4n) is 3.14. The molecule has 2 aromatic rings. The Hall–Kier alpha value is -4.01. The Morgan fingerprint density at radius 2 is 1.82 bits per heavy atom. The molecule has 2 N–H and O–H groups in total. The lowest BCUT2D eigenvalue weighted by atomic mass is 9.96. The van der Waals surface area contributed by atoms with Gasteiger partial charge in [-0.25, -0.2) is 4.79 Å². The van der Waals surface area contributed by atoms with Gasteiger partial charge in [0.25, 0.3) is 11.6 Å². The minimum Gasteiger partial charge on any atom is -0.503 e. The second-order valence-corrected chi connectivity index (χ2v) is 6.10. The minimum atomic E-state index is -1.22. The van der Waals surface area contributed by atoms with Crippen LogP contribution in [0.4, 0.5) is 11.4 Å². The number of hydrogen-bond donors (Lipinski definition) is 2. The molecule has 2 aromatic carbocycles. The Morgan fingerprint density at radius 1 is 1.14 bits per heavy atom. The van der Waals surface area contributed by atoms with Crippen LogP contribution in [0.2, 0.25) is 0 Å². The number of carboxylic acids is 1. The van der Waals surface area contributed by atoms with E-state index < -0.39 is 34.4 Å². The van der Waals surface area contributed by atoms with Crippen LogP contribution >= 0.6 is 0 Å². The van der Waals surface area contributed by atoms with Crippen LogP contribution < -0.4 is 4.90 Å². The van der Waals surface area contributed by atoms with Gasteiger partial charge in [0.2, 0.25) is 0 Å². The molecular weight excluding hydrogens is 368 g/mol. The number of nitro benzene ring substituents is 1. The zero-order chi connectivity index (χ0) is 20.6. The van der Waals surface area contributed by atoms with Gasteiger partial charge in [-0.3, -0.25) is 24.6 Å². The van der Waals surface area contributed by atoms with Crippen LogP contribution in [0.25, 0.3) is 0 Å². The highest BCUT2D eigenvalue weighted by Gasteiger charge is 2.43. The number of amides is 1. The number of aliphatic hydroxyl groups excluding tert-OH is 1. The van der Waals surface area contributed by atoms with Crippen molar-refractivity contribution in [1.29, 1.82) is 0 Å². The number of carbonyl (C=O) groups is 3. The summed E-state index contributed by atoms with van der Waals surface area (Å²) >= 11 is 0. The zero-order valence-corrected chi connectivity index (χ0v) is 14.5.